The normalized spacial score (nSPS) is 13.8. The number of fused-ring (bicyclic) bond motifs is 2. The molecule has 0 bridgehead atoms. The predicted octanol–water partition coefficient (Wildman–Crippen LogP) is 15.5. The molecule has 2 aliphatic rings. The first-order valence-corrected chi connectivity index (χ1v) is 19.4. The Morgan fingerprint density at radius 2 is 0.797 bits per heavy atom. The monoisotopic (exact) mass is 842 g/mol. The number of benzene rings is 4. The Bertz CT molecular complexity index is 2140. The topological polar surface area (TPSA) is 18.5 Å². The molecule has 2 aliphatic carbocycles. The van der Waals surface area contributed by atoms with Crippen LogP contribution < -0.4 is 9.47 Å². The molecule has 59 heavy (non-hydrogen) atoms. The number of allylic oxidation sites excluding steroid dienone is 2. The molecule has 0 radical (unpaired) electrons. The molecule has 0 N–H and O–H groups in total. The number of ether oxygens (including phenoxy) is 2. The third-order valence-corrected chi connectivity index (χ3v) is 10.1. The van der Waals surface area contributed by atoms with Gasteiger partial charge in [-0.25, -0.2) is 26.3 Å². The zero-order valence-corrected chi connectivity index (χ0v) is 32.3. The fourth-order valence-electron chi connectivity index (χ4n) is 7.22. The van der Waals surface area contributed by atoms with E-state index in [1.54, 1.807) is 0 Å². The summed E-state index contributed by atoms with van der Waals surface area (Å²) in [4.78, 5) is 0. The fourth-order valence-corrected chi connectivity index (χ4v) is 7.22. The van der Waals surface area contributed by atoms with Crippen molar-refractivity contribution in [2.75, 3.05) is 0 Å². The van der Waals surface area contributed by atoms with E-state index in [1.807, 2.05) is 12.2 Å². The van der Waals surface area contributed by atoms with E-state index >= 15 is 0 Å². The van der Waals surface area contributed by atoms with Gasteiger partial charge < -0.3 is 9.47 Å². The first-order valence-electron chi connectivity index (χ1n) is 19.4. The van der Waals surface area contributed by atoms with Crippen LogP contribution in [0.25, 0.3) is 34.4 Å². The number of aryl methyl sites for hydroxylation is 2. The number of hydrogen-bond donors (Lipinski definition) is 0. The standard InChI is InChI=1S/C23H22F6O.C22H20F6O/c1-2-3-4-5-6-14-7-8-15-10-18(19(24)11-16(15)9-14)17-12-20(25)22(21(26)13-17)30-23(27,28)29;1-2-3-4-5-13-6-7-14-9-17(18(23)10-15(14)8-13)16-11-19(24)21(20(25)12-16)29-22(26,27)28/h9-13H,2-8H2,1H3;8-12H,2-7H2,1H3. The predicted molar refractivity (Wildman–Crippen MR) is 202 cm³/mol. The highest BCUT2D eigenvalue weighted by atomic mass is 19.4. The van der Waals surface area contributed by atoms with Crippen LogP contribution in [0.4, 0.5) is 52.7 Å². The number of unbranched alkanes of at least 4 members (excludes halogenated alkanes) is 5. The zero-order valence-electron chi connectivity index (χ0n) is 32.3. The third-order valence-electron chi connectivity index (χ3n) is 10.1. The summed E-state index contributed by atoms with van der Waals surface area (Å²) in [5.74, 6) is -10.7. The first-order chi connectivity index (χ1) is 27.8. The molecule has 0 unspecified atom stereocenters. The van der Waals surface area contributed by atoms with Crippen LogP contribution in [0.5, 0.6) is 11.5 Å². The summed E-state index contributed by atoms with van der Waals surface area (Å²) in [5.41, 5.74) is 5.10. The maximum Gasteiger partial charge on any atom is 0.573 e. The van der Waals surface area contributed by atoms with Gasteiger partial charge in [0.1, 0.15) is 11.6 Å². The van der Waals surface area contributed by atoms with Crippen molar-refractivity contribution in [3.05, 3.63) is 117 Å². The van der Waals surface area contributed by atoms with Gasteiger partial charge in [0.15, 0.2) is 23.3 Å². The smallest absolute Gasteiger partial charge is 0.399 e. The number of halogens is 12. The van der Waals surface area contributed by atoms with E-state index < -0.39 is 59.1 Å². The zero-order chi connectivity index (χ0) is 43.1. The van der Waals surface area contributed by atoms with Gasteiger partial charge in [-0.3, -0.25) is 0 Å². The average molecular weight is 843 g/mol. The fraction of sp³-hybridized carbons (Fsp3) is 0.378. The third kappa shape index (κ3) is 12.3. The van der Waals surface area contributed by atoms with Gasteiger partial charge in [-0.05, 0) is 133 Å². The quantitative estimate of drug-likeness (QED) is 0.0986. The molecule has 0 saturated heterocycles. The van der Waals surface area contributed by atoms with Gasteiger partial charge in [0.05, 0.1) is 0 Å². The molecule has 0 atom stereocenters. The number of hydrogen-bond acceptors (Lipinski definition) is 2. The number of rotatable bonds is 13. The summed E-state index contributed by atoms with van der Waals surface area (Å²) in [6.45, 7) is 4.26. The van der Waals surface area contributed by atoms with Crippen molar-refractivity contribution >= 4 is 12.2 Å². The van der Waals surface area contributed by atoms with Crippen LogP contribution in [0.2, 0.25) is 0 Å². The van der Waals surface area contributed by atoms with Crippen molar-refractivity contribution in [3.63, 3.8) is 0 Å². The molecule has 0 amide bonds. The van der Waals surface area contributed by atoms with Gasteiger partial charge in [-0.1, -0.05) is 69.2 Å². The Labute approximate surface area is 334 Å². The molecule has 4 aromatic carbocycles. The minimum absolute atomic E-state index is 0.0649. The molecule has 0 heterocycles. The highest BCUT2D eigenvalue weighted by molar-refractivity contribution is 5.72. The largest absolute Gasteiger partial charge is 0.573 e. The van der Waals surface area contributed by atoms with Crippen LogP contribution >= 0.6 is 0 Å². The molecule has 0 fully saturated rings. The second-order valence-corrected chi connectivity index (χ2v) is 14.6. The summed E-state index contributed by atoms with van der Waals surface area (Å²) < 4.78 is 166. The lowest BCUT2D eigenvalue weighted by molar-refractivity contribution is -0.277. The Balaban J connectivity index is 0.000000224. The van der Waals surface area contributed by atoms with Gasteiger partial charge in [0.2, 0.25) is 11.5 Å². The molecule has 318 valence electrons. The van der Waals surface area contributed by atoms with Crippen LogP contribution in [0.3, 0.4) is 0 Å². The lowest BCUT2D eigenvalue weighted by atomic mass is 9.87. The van der Waals surface area contributed by atoms with Gasteiger partial charge in [-0.15, -0.1) is 26.3 Å². The number of alkyl halides is 6. The Kier molecular flexibility index (Phi) is 14.9. The molecule has 14 heteroatoms. The van der Waals surface area contributed by atoms with Gasteiger partial charge >= 0.3 is 12.7 Å². The van der Waals surface area contributed by atoms with E-state index in [0.717, 1.165) is 86.5 Å². The summed E-state index contributed by atoms with van der Waals surface area (Å²) in [6, 6.07) is 8.20. The van der Waals surface area contributed by atoms with E-state index in [1.165, 1.54) is 41.8 Å². The Hall–Kier alpha value is -4.88. The SMILES string of the molecule is CCCCCC1=Cc2cc(F)c(-c3cc(F)c(OC(F)(F)F)c(F)c3)cc2CC1.CCCCCCC1=Cc2cc(F)c(-c3cc(F)c(OC(F)(F)F)c(F)c3)cc2CC1. The lowest BCUT2D eigenvalue weighted by Gasteiger charge is -2.19. The van der Waals surface area contributed by atoms with Crippen LogP contribution in [0.15, 0.2) is 59.7 Å². The molecule has 0 spiro atoms. The van der Waals surface area contributed by atoms with E-state index in [-0.39, 0.29) is 22.3 Å². The molecular formula is C45H42F12O2. The van der Waals surface area contributed by atoms with Crippen LogP contribution in [0.1, 0.15) is 107 Å². The lowest BCUT2D eigenvalue weighted by Crippen LogP contribution is -2.19. The van der Waals surface area contributed by atoms with E-state index in [4.69, 9.17) is 0 Å². The van der Waals surface area contributed by atoms with Gasteiger partial charge in [-0.2, -0.15) is 0 Å². The van der Waals surface area contributed by atoms with Crippen LogP contribution in [0, 0.1) is 34.9 Å². The molecule has 4 aromatic rings. The minimum atomic E-state index is -5.24. The molecule has 0 aromatic heterocycles. The van der Waals surface area contributed by atoms with Crippen molar-refractivity contribution < 1.29 is 62.2 Å². The highest BCUT2D eigenvalue weighted by Gasteiger charge is 2.35. The summed E-state index contributed by atoms with van der Waals surface area (Å²) in [6.07, 6.45) is 6.21. The van der Waals surface area contributed by atoms with E-state index in [0.29, 0.717) is 37.1 Å². The second-order valence-electron chi connectivity index (χ2n) is 14.6. The van der Waals surface area contributed by atoms with Crippen LogP contribution in [-0.2, 0) is 12.8 Å². The van der Waals surface area contributed by atoms with Crippen molar-refractivity contribution in [3.8, 4) is 33.8 Å². The maximum atomic E-state index is 14.7. The summed E-state index contributed by atoms with van der Waals surface area (Å²) >= 11 is 0. The molecular weight excluding hydrogens is 800 g/mol. The maximum absolute atomic E-state index is 14.7. The van der Waals surface area contributed by atoms with Crippen molar-refractivity contribution in [1.29, 1.82) is 0 Å². The molecule has 0 saturated carbocycles. The summed E-state index contributed by atoms with van der Waals surface area (Å²) in [7, 11) is 0. The second kappa shape index (κ2) is 19.5. The van der Waals surface area contributed by atoms with Crippen molar-refractivity contribution in [2.45, 2.75) is 110 Å². The Morgan fingerprint density at radius 1 is 0.441 bits per heavy atom. The summed E-state index contributed by atoms with van der Waals surface area (Å²) in [5, 5.41) is 0. The molecule has 0 aliphatic heterocycles. The van der Waals surface area contributed by atoms with E-state index in [2.05, 4.69) is 23.3 Å². The first kappa shape index (κ1) is 45.2. The highest BCUT2D eigenvalue weighted by Crippen LogP contribution is 2.38. The van der Waals surface area contributed by atoms with Crippen molar-refractivity contribution in [1.82, 2.24) is 0 Å². The average Bonchev–Trinajstić information content (AvgIpc) is 3.15. The van der Waals surface area contributed by atoms with Crippen molar-refractivity contribution in [2.24, 2.45) is 0 Å². The van der Waals surface area contributed by atoms with Gasteiger partial charge in [0.25, 0.3) is 0 Å². The van der Waals surface area contributed by atoms with Gasteiger partial charge in [0, 0.05) is 11.1 Å². The molecule has 6 rings (SSSR count). The van der Waals surface area contributed by atoms with E-state index in [9.17, 15) is 52.7 Å². The van der Waals surface area contributed by atoms with Crippen LogP contribution in [-0.4, -0.2) is 12.7 Å². The Morgan fingerprint density at radius 3 is 1.15 bits per heavy atom. The minimum Gasteiger partial charge on any atom is -0.399 e. The molecule has 2 nitrogen and oxygen atoms in total.